The van der Waals surface area contributed by atoms with Gasteiger partial charge in [-0.3, -0.25) is 0 Å². The van der Waals surface area contributed by atoms with Crippen molar-refractivity contribution in [2.45, 2.75) is 6.04 Å². The van der Waals surface area contributed by atoms with Gasteiger partial charge >= 0.3 is 0 Å². The van der Waals surface area contributed by atoms with E-state index >= 15 is 0 Å². The molecule has 0 aromatic heterocycles. The van der Waals surface area contributed by atoms with Crippen LogP contribution >= 0.6 is 0 Å². The molecule has 1 fully saturated rings. The first-order chi connectivity index (χ1) is 5.68. The van der Waals surface area contributed by atoms with Crippen LogP contribution in [-0.2, 0) is 0 Å². The third-order valence-electron chi connectivity index (χ3n) is 1.82. The van der Waals surface area contributed by atoms with Gasteiger partial charge in [0.25, 0.3) is 0 Å². The Kier molecular flexibility index (Phi) is 1.58. The fourth-order valence-electron chi connectivity index (χ4n) is 1.08. The second kappa shape index (κ2) is 2.48. The number of halogens is 3. The molecule has 1 saturated heterocycles. The van der Waals surface area contributed by atoms with E-state index in [0.717, 1.165) is 6.07 Å². The summed E-state index contributed by atoms with van der Waals surface area (Å²) >= 11 is 0. The van der Waals surface area contributed by atoms with Crippen LogP contribution in [0, 0.1) is 17.5 Å². The topological polar surface area (TPSA) is 21.9 Å². The molecule has 4 heteroatoms. The highest BCUT2D eigenvalue weighted by molar-refractivity contribution is 5.26. The zero-order valence-electron chi connectivity index (χ0n) is 6.07. The summed E-state index contributed by atoms with van der Waals surface area (Å²) in [6, 6.07) is 1.33. The van der Waals surface area contributed by atoms with Gasteiger partial charge in [0.2, 0.25) is 0 Å². The van der Waals surface area contributed by atoms with Gasteiger partial charge in [0.1, 0.15) is 5.82 Å². The number of rotatable bonds is 1. The Labute approximate surface area is 67.2 Å². The van der Waals surface area contributed by atoms with E-state index < -0.39 is 17.5 Å². The van der Waals surface area contributed by atoms with Gasteiger partial charge in [-0.2, -0.15) is 0 Å². The van der Waals surface area contributed by atoms with Gasteiger partial charge in [-0.15, -0.1) is 0 Å². The molecule has 0 saturated carbocycles. The Hall–Kier alpha value is -1.03. The van der Waals surface area contributed by atoms with E-state index in [1.165, 1.54) is 0 Å². The molecule has 0 unspecified atom stereocenters. The fourth-order valence-corrected chi connectivity index (χ4v) is 1.08. The van der Waals surface area contributed by atoms with Crippen LogP contribution in [0.5, 0.6) is 0 Å². The summed E-state index contributed by atoms with van der Waals surface area (Å²) in [4.78, 5) is 0. The smallest absolute Gasteiger partial charge is 0.161 e. The van der Waals surface area contributed by atoms with Gasteiger partial charge in [-0.05, 0) is 6.07 Å². The van der Waals surface area contributed by atoms with Crippen molar-refractivity contribution in [2.24, 2.45) is 0 Å². The van der Waals surface area contributed by atoms with Crippen molar-refractivity contribution in [1.82, 2.24) is 5.32 Å². The quantitative estimate of drug-likeness (QED) is 0.507. The summed E-state index contributed by atoms with van der Waals surface area (Å²) in [5.74, 6) is -2.83. The molecule has 0 bridgehead atoms. The molecule has 1 aliphatic rings. The SMILES string of the molecule is Fc1cc(F)c([C@H]2CN2)cc1F. The van der Waals surface area contributed by atoms with E-state index in [2.05, 4.69) is 5.32 Å². The summed E-state index contributed by atoms with van der Waals surface area (Å²) in [6.07, 6.45) is 0. The molecule has 0 spiro atoms. The standard InChI is InChI=1S/C8H6F3N/c9-5-2-7(11)6(10)1-4(5)8-3-12-8/h1-2,8,12H,3H2/t8-/m1/s1. The van der Waals surface area contributed by atoms with E-state index in [4.69, 9.17) is 0 Å². The summed E-state index contributed by atoms with van der Waals surface area (Å²) < 4.78 is 37.9. The average Bonchev–Trinajstić information content (AvgIpc) is 2.79. The van der Waals surface area contributed by atoms with E-state index in [1.807, 2.05) is 0 Å². The molecule has 12 heavy (non-hydrogen) atoms. The highest BCUT2D eigenvalue weighted by Gasteiger charge is 2.26. The lowest BCUT2D eigenvalue weighted by Crippen LogP contribution is -1.95. The molecule has 1 aromatic rings. The first-order valence-corrected chi connectivity index (χ1v) is 3.56. The van der Waals surface area contributed by atoms with Crippen LogP contribution in [0.25, 0.3) is 0 Å². The summed E-state index contributed by atoms with van der Waals surface area (Å²) in [5, 5.41) is 2.81. The third kappa shape index (κ3) is 1.18. The van der Waals surface area contributed by atoms with Crippen molar-refractivity contribution in [3.05, 3.63) is 35.1 Å². The fraction of sp³-hybridized carbons (Fsp3) is 0.250. The normalized spacial score (nSPS) is 21.1. The molecule has 1 nitrogen and oxygen atoms in total. The molecule has 0 amide bonds. The molecule has 1 heterocycles. The molecular formula is C8H6F3N. The Bertz CT molecular complexity index is 320. The van der Waals surface area contributed by atoms with Gasteiger partial charge < -0.3 is 5.32 Å². The first-order valence-electron chi connectivity index (χ1n) is 3.56. The van der Waals surface area contributed by atoms with Gasteiger partial charge in [0, 0.05) is 24.2 Å². The summed E-state index contributed by atoms with van der Waals surface area (Å²) in [6.45, 7) is 0.627. The lowest BCUT2D eigenvalue weighted by molar-refractivity contribution is 0.490. The number of benzene rings is 1. The molecule has 2 rings (SSSR count). The van der Waals surface area contributed by atoms with E-state index in [1.54, 1.807) is 0 Å². The van der Waals surface area contributed by atoms with Crippen LogP contribution < -0.4 is 5.32 Å². The van der Waals surface area contributed by atoms with E-state index in [-0.39, 0.29) is 11.6 Å². The highest BCUT2D eigenvalue weighted by atomic mass is 19.2. The summed E-state index contributed by atoms with van der Waals surface area (Å²) in [5.41, 5.74) is 0.203. The monoisotopic (exact) mass is 173 g/mol. The summed E-state index contributed by atoms with van der Waals surface area (Å²) in [7, 11) is 0. The van der Waals surface area contributed by atoms with Crippen molar-refractivity contribution in [2.75, 3.05) is 6.54 Å². The Morgan fingerprint density at radius 3 is 2.25 bits per heavy atom. The van der Waals surface area contributed by atoms with Crippen LogP contribution in [0.1, 0.15) is 11.6 Å². The van der Waals surface area contributed by atoms with Crippen LogP contribution in [0.3, 0.4) is 0 Å². The Balaban J connectivity index is 2.47. The zero-order chi connectivity index (χ0) is 8.72. The number of hydrogen-bond donors (Lipinski definition) is 1. The van der Waals surface area contributed by atoms with E-state index in [0.29, 0.717) is 12.6 Å². The minimum atomic E-state index is -1.14. The van der Waals surface area contributed by atoms with Gasteiger partial charge in [0.15, 0.2) is 11.6 Å². The van der Waals surface area contributed by atoms with Crippen molar-refractivity contribution < 1.29 is 13.2 Å². The highest BCUT2D eigenvalue weighted by Crippen LogP contribution is 2.25. The van der Waals surface area contributed by atoms with E-state index in [9.17, 15) is 13.2 Å². The van der Waals surface area contributed by atoms with Crippen LogP contribution in [0.15, 0.2) is 12.1 Å². The minimum absolute atomic E-state index is 0.139. The minimum Gasteiger partial charge on any atom is -0.307 e. The zero-order valence-corrected chi connectivity index (χ0v) is 6.07. The number of nitrogens with one attached hydrogen (secondary N) is 1. The maximum absolute atomic E-state index is 12.9. The molecular weight excluding hydrogens is 167 g/mol. The molecule has 1 aliphatic heterocycles. The first kappa shape index (κ1) is 7.61. The maximum atomic E-state index is 12.9. The lowest BCUT2D eigenvalue weighted by atomic mass is 10.1. The third-order valence-corrected chi connectivity index (χ3v) is 1.82. The second-order valence-electron chi connectivity index (χ2n) is 2.75. The van der Waals surface area contributed by atoms with Crippen LogP contribution in [-0.4, -0.2) is 6.54 Å². The van der Waals surface area contributed by atoms with Crippen molar-refractivity contribution in [3.63, 3.8) is 0 Å². The predicted octanol–water partition coefficient (Wildman–Crippen LogP) is 1.75. The number of hydrogen-bond acceptors (Lipinski definition) is 1. The Morgan fingerprint density at radius 2 is 1.67 bits per heavy atom. The predicted molar refractivity (Wildman–Crippen MR) is 37.1 cm³/mol. The van der Waals surface area contributed by atoms with Crippen LogP contribution in [0.2, 0.25) is 0 Å². The van der Waals surface area contributed by atoms with Gasteiger partial charge in [-0.1, -0.05) is 0 Å². The van der Waals surface area contributed by atoms with Crippen molar-refractivity contribution >= 4 is 0 Å². The lowest BCUT2D eigenvalue weighted by Gasteiger charge is -2.00. The maximum Gasteiger partial charge on any atom is 0.161 e. The molecule has 1 aromatic carbocycles. The van der Waals surface area contributed by atoms with Crippen molar-refractivity contribution in [1.29, 1.82) is 0 Å². The van der Waals surface area contributed by atoms with Crippen molar-refractivity contribution in [3.8, 4) is 0 Å². The average molecular weight is 173 g/mol. The second-order valence-corrected chi connectivity index (χ2v) is 2.75. The van der Waals surface area contributed by atoms with Crippen LogP contribution in [0.4, 0.5) is 13.2 Å². The van der Waals surface area contributed by atoms with Gasteiger partial charge in [0.05, 0.1) is 0 Å². The van der Waals surface area contributed by atoms with Gasteiger partial charge in [-0.25, -0.2) is 13.2 Å². The molecule has 1 N–H and O–H groups in total. The molecule has 0 radical (unpaired) electrons. The molecule has 64 valence electrons. The largest absolute Gasteiger partial charge is 0.307 e. The molecule has 0 aliphatic carbocycles. The molecule has 1 atom stereocenters. The Morgan fingerprint density at radius 1 is 1.08 bits per heavy atom.